The summed E-state index contributed by atoms with van der Waals surface area (Å²) < 4.78 is 0. The van der Waals surface area contributed by atoms with Crippen molar-refractivity contribution in [1.29, 1.82) is 0 Å². The molecule has 1 nitrogen and oxygen atoms in total. The van der Waals surface area contributed by atoms with Gasteiger partial charge in [-0.2, -0.15) is 0 Å². The van der Waals surface area contributed by atoms with Gasteiger partial charge in [0, 0.05) is 6.04 Å². The van der Waals surface area contributed by atoms with Crippen LogP contribution in [0.3, 0.4) is 0 Å². The van der Waals surface area contributed by atoms with Crippen molar-refractivity contribution in [3.63, 3.8) is 0 Å². The second-order valence-corrected chi connectivity index (χ2v) is 6.48. The number of rotatable bonds is 3. The molecule has 2 N–H and O–H groups in total. The van der Waals surface area contributed by atoms with Crippen molar-refractivity contribution in [2.24, 2.45) is 11.7 Å². The van der Waals surface area contributed by atoms with Crippen LogP contribution in [0, 0.1) is 5.92 Å². The van der Waals surface area contributed by atoms with Crippen LogP contribution < -0.4 is 5.73 Å². The summed E-state index contributed by atoms with van der Waals surface area (Å²) in [6.07, 6.45) is 0. The van der Waals surface area contributed by atoms with Gasteiger partial charge in [0.2, 0.25) is 0 Å². The fourth-order valence-electron chi connectivity index (χ4n) is 2.09. The summed E-state index contributed by atoms with van der Waals surface area (Å²) in [5, 5.41) is 0. The standard InChI is InChI=1S/C16H27N/c1-11(2)15(17)12(3)13-7-9-14(10-8-13)16(4,5)6/h7-12,15H,17H2,1-6H3. The summed E-state index contributed by atoms with van der Waals surface area (Å²) >= 11 is 0. The summed E-state index contributed by atoms with van der Waals surface area (Å²) in [6, 6.07) is 9.16. The van der Waals surface area contributed by atoms with Crippen LogP contribution in [0.1, 0.15) is 58.6 Å². The van der Waals surface area contributed by atoms with E-state index in [-0.39, 0.29) is 11.5 Å². The lowest BCUT2D eigenvalue weighted by molar-refractivity contribution is 0.434. The van der Waals surface area contributed by atoms with E-state index in [1.165, 1.54) is 11.1 Å². The molecule has 0 aliphatic heterocycles. The highest BCUT2D eigenvalue weighted by Crippen LogP contribution is 2.26. The lowest BCUT2D eigenvalue weighted by Gasteiger charge is -2.25. The minimum absolute atomic E-state index is 0.224. The van der Waals surface area contributed by atoms with Crippen LogP contribution in [0.15, 0.2) is 24.3 Å². The normalized spacial score (nSPS) is 16.0. The zero-order chi connectivity index (χ0) is 13.2. The van der Waals surface area contributed by atoms with Crippen molar-refractivity contribution in [3.05, 3.63) is 35.4 Å². The Balaban J connectivity index is 2.88. The molecule has 2 atom stereocenters. The first-order chi connectivity index (χ1) is 7.73. The third-order valence-electron chi connectivity index (χ3n) is 3.65. The van der Waals surface area contributed by atoms with Gasteiger partial charge in [0.1, 0.15) is 0 Å². The molecule has 0 heterocycles. The number of nitrogens with two attached hydrogens (primary N) is 1. The predicted octanol–water partition coefficient (Wildman–Crippen LogP) is 4.07. The monoisotopic (exact) mass is 233 g/mol. The Morgan fingerprint density at radius 1 is 0.941 bits per heavy atom. The van der Waals surface area contributed by atoms with Crippen LogP contribution in [0.5, 0.6) is 0 Å². The second kappa shape index (κ2) is 5.22. The van der Waals surface area contributed by atoms with Crippen LogP contribution in [0.25, 0.3) is 0 Å². The molecule has 0 aliphatic carbocycles. The molecular weight excluding hydrogens is 206 g/mol. The molecule has 0 amide bonds. The van der Waals surface area contributed by atoms with E-state index < -0.39 is 0 Å². The average molecular weight is 233 g/mol. The highest BCUT2D eigenvalue weighted by molar-refractivity contribution is 5.30. The van der Waals surface area contributed by atoms with E-state index in [4.69, 9.17) is 5.73 Å². The summed E-state index contributed by atoms with van der Waals surface area (Å²) in [5.74, 6) is 0.941. The molecule has 2 unspecified atom stereocenters. The Bertz CT molecular complexity index is 343. The fraction of sp³-hybridized carbons (Fsp3) is 0.625. The van der Waals surface area contributed by atoms with Gasteiger partial charge in [-0.25, -0.2) is 0 Å². The molecule has 0 radical (unpaired) electrons. The first-order valence-corrected chi connectivity index (χ1v) is 6.59. The molecule has 0 fully saturated rings. The highest BCUT2D eigenvalue weighted by atomic mass is 14.7. The Morgan fingerprint density at radius 3 is 1.76 bits per heavy atom. The first kappa shape index (κ1) is 14.2. The van der Waals surface area contributed by atoms with Crippen molar-refractivity contribution in [2.75, 3.05) is 0 Å². The highest BCUT2D eigenvalue weighted by Gasteiger charge is 2.19. The van der Waals surface area contributed by atoms with Crippen molar-refractivity contribution in [3.8, 4) is 0 Å². The zero-order valence-corrected chi connectivity index (χ0v) is 12.1. The average Bonchev–Trinajstić information content (AvgIpc) is 2.26. The van der Waals surface area contributed by atoms with Crippen LogP contribution in [-0.4, -0.2) is 6.04 Å². The lowest BCUT2D eigenvalue weighted by atomic mass is 9.83. The summed E-state index contributed by atoms with van der Waals surface area (Å²) in [5.41, 5.74) is 9.17. The van der Waals surface area contributed by atoms with Crippen molar-refractivity contribution < 1.29 is 0 Å². The molecule has 1 aromatic rings. The minimum atomic E-state index is 0.224. The van der Waals surface area contributed by atoms with E-state index in [0.717, 1.165) is 0 Å². The van der Waals surface area contributed by atoms with Gasteiger partial charge in [-0.05, 0) is 28.4 Å². The number of benzene rings is 1. The van der Waals surface area contributed by atoms with E-state index >= 15 is 0 Å². The molecule has 0 aromatic heterocycles. The van der Waals surface area contributed by atoms with Crippen molar-refractivity contribution in [1.82, 2.24) is 0 Å². The van der Waals surface area contributed by atoms with Gasteiger partial charge < -0.3 is 5.73 Å². The maximum Gasteiger partial charge on any atom is 0.0128 e. The molecule has 0 spiro atoms. The van der Waals surface area contributed by atoms with Crippen molar-refractivity contribution >= 4 is 0 Å². The van der Waals surface area contributed by atoms with Gasteiger partial charge >= 0.3 is 0 Å². The molecule has 17 heavy (non-hydrogen) atoms. The van der Waals surface area contributed by atoms with Crippen LogP contribution in [0.4, 0.5) is 0 Å². The fourth-order valence-corrected chi connectivity index (χ4v) is 2.09. The van der Waals surface area contributed by atoms with Crippen LogP contribution in [0.2, 0.25) is 0 Å². The smallest absolute Gasteiger partial charge is 0.0128 e. The molecule has 0 saturated carbocycles. The van der Waals surface area contributed by atoms with Gasteiger partial charge in [0.25, 0.3) is 0 Å². The topological polar surface area (TPSA) is 26.0 Å². The summed E-state index contributed by atoms with van der Waals surface area (Å²) in [7, 11) is 0. The van der Waals surface area contributed by atoms with Crippen LogP contribution in [-0.2, 0) is 5.41 Å². The number of hydrogen-bond acceptors (Lipinski definition) is 1. The van der Waals surface area contributed by atoms with Gasteiger partial charge in [-0.15, -0.1) is 0 Å². The van der Waals surface area contributed by atoms with Crippen molar-refractivity contribution in [2.45, 2.75) is 58.9 Å². The van der Waals surface area contributed by atoms with Crippen LogP contribution >= 0.6 is 0 Å². The first-order valence-electron chi connectivity index (χ1n) is 6.59. The molecule has 1 rings (SSSR count). The Labute approximate surface area is 106 Å². The Kier molecular flexibility index (Phi) is 4.37. The van der Waals surface area contributed by atoms with Gasteiger partial charge in [-0.1, -0.05) is 65.8 Å². The molecular formula is C16H27N. The van der Waals surface area contributed by atoms with E-state index in [9.17, 15) is 0 Å². The molecule has 0 bridgehead atoms. The van der Waals surface area contributed by atoms with E-state index in [0.29, 0.717) is 11.8 Å². The largest absolute Gasteiger partial charge is 0.327 e. The third kappa shape index (κ3) is 3.57. The van der Waals surface area contributed by atoms with E-state index in [1.807, 2.05) is 0 Å². The molecule has 96 valence electrons. The van der Waals surface area contributed by atoms with Gasteiger partial charge in [0.05, 0.1) is 0 Å². The maximum atomic E-state index is 6.22. The Morgan fingerprint density at radius 2 is 1.41 bits per heavy atom. The Hall–Kier alpha value is -0.820. The maximum absolute atomic E-state index is 6.22. The van der Waals surface area contributed by atoms with Gasteiger partial charge in [0.15, 0.2) is 0 Å². The summed E-state index contributed by atoms with van der Waals surface area (Å²) in [4.78, 5) is 0. The SMILES string of the molecule is CC(C)C(N)C(C)c1ccc(C(C)(C)C)cc1. The van der Waals surface area contributed by atoms with Gasteiger partial charge in [-0.3, -0.25) is 0 Å². The van der Waals surface area contributed by atoms with E-state index in [2.05, 4.69) is 65.8 Å². The molecule has 0 aliphatic rings. The zero-order valence-electron chi connectivity index (χ0n) is 12.1. The molecule has 1 aromatic carbocycles. The lowest BCUT2D eigenvalue weighted by Crippen LogP contribution is -2.32. The molecule has 0 saturated heterocycles. The third-order valence-corrected chi connectivity index (χ3v) is 3.65. The minimum Gasteiger partial charge on any atom is -0.327 e. The van der Waals surface area contributed by atoms with E-state index in [1.54, 1.807) is 0 Å². The quantitative estimate of drug-likeness (QED) is 0.836. The summed E-state index contributed by atoms with van der Waals surface area (Å²) in [6.45, 7) is 13.3. The number of hydrogen-bond donors (Lipinski definition) is 1. The molecule has 1 heteroatoms. The second-order valence-electron chi connectivity index (χ2n) is 6.48. The predicted molar refractivity (Wildman–Crippen MR) is 76.4 cm³/mol.